The molecule has 2 amide bonds. The number of aryl methyl sites for hydroxylation is 1. The van der Waals surface area contributed by atoms with Crippen molar-refractivity contribution in [3.63, 3.8) is 0 Å². The first kappa shape index (κ1) is 23.9. The number of rotatable bonds is 3. The Balaban J connectivity index is 1.53. The van der Waals surface area contributed by atoms with E-state index in [0.29, 0.717) is 11.3 Å². The zero-order valence-electron chi connectivity index (χ0n) is 20.3. The average Bonchev–Trinajstić information content (AvgIpc) is 3.47. The molecule has 1 N–H and O–H groups in total. The first-order valence-electron chi connectivity index (χ1n) is 12.0. The molecular formula is C29H22ClF2N5O. The second kappa shape index (κ2) is 9.46. The quantitative estimate of drug-likeness (QED) is 0.272. The highest BCUT2D eigenvalue weighted by Crippen LogP contribution is 2.39. The van der Waals surface area contributed by atoms with Gasteiger partial charge in [-0.3, -0.25) is 0 Å². The maximum Gasteiger partial charge on any atom is 0.322 e. The van der Waals surface area contributed by atoms with E-state index in [2.05, 4.69) is 5.32 Å². The normalized spacial score (nSPS) is 14.5. The minimum Gasteiger partial charge on any atom is -0.308 e. The Morgan fingerprint density at radius 1 is 1.00 bits per heavy atom. The van der Waals surface area contributed by atoms with Crippen LogP contribution in [0.15, 0.2) is 91.1 Å². The summed E-state index contributed by atoms with van der Waals surface area (Å²) in [5, 5.41) is 7.55. The summed E-state index contributed by atoms with van der Waals surface area (Å²) in [6.07, 6.45) is 1.92. The van der Waals surface area contributed by atoms with E-state index in [1.54, 1.807) is 17.0 Å². The van der Waals surface area contributed by atoms with Crippen molar-refractivity contribution in [2.45, 2.75) is 19.5 Å². The van der Waals surface area contributed by atoms with Crippen molar-refractivity contribution in [1.29, 1.82) is 0 Å². The monoisotopic (exact) mass is 529 g/mol. The topological polar surface area (TPSA) is 55.1 Å². The number of halogens is 3. The third-order valence-corrected chi connectivity index (χ3v) is 6.97. The number of urea groups is 1. The van der Waals surface area contributed by atoms with Gasteiger partial charge < -0.3 is 14.8 Å². The van der Waals surface area contributed by atoms with Gasteiger partial charge in [0.05, 0.1) is 34.7 Å². The Morgan fingerprint density at radius 3 is 2.58 bits per heavy atom. The molecule has 0 radical (unpaired) electrons. The van der Waals surface area contributed by atoms with Crippen LogP contribution in [-0.2, 0) is 6.54 Å². The van der Waals surface area contributed by atoms with E-state index < -0.39 is 23.7 Å². The lowest BCUT2D eigenvalue weighted by molar-refractivity contribution is 0.194. The Labute approximate surface area is 222 Å². The van der Waals surface area contributed by atoms with Crippen LogP contribution in [0.2, 0.25) is 5.02 Å². The van der Waals surface area contributed by atoms with Crippen LogP contribution < -0.4 is 5.32 Å². The van der Waals surface area contributed by atoms with Gasteiger partial charge in [-0.2, -0.15) is 5.10 Å². The number of nitrogens with one attached hydrogen (secondary N) is 1. The smallest absolute Gasteiger partial charge is 0.308 e. The number of carbonyl (C=O) groups excluding carboxylic acids is 1. The molecule has 0 saturated heterocycles. The molecule has 2 aromatic heterocycles. The lowest BCUT2D eigenvalue weighted by Gasteiger charge is -2.31. The Hall–Kier alpha value is -4.43. The Bertz CT molecular complexity index is 1660. The zero-order valence-corrected chi connectivity index (χ0v) is 21.0. The third-order valence-electron chi connectivity index (χ3n) is 6.68. The van der Waals surface area contributed by atoms with Gasteiger partial charge >= 0.3 is 6.03 Å². The molecule has 1 atom stereocenters. The fourth-order valence-corrected chi connectivity index (χ4v) is 5.13. The molecule has 0 aliphatic carbocycles. The first-order valence-corrected chi connectivity index (χ1v) is 12.4. The van der Waals surface area contributed by atoms with Gasteiger partial charge in [0, 0.05) is 17.4 Å². The number of para-hydroxylation sites is 1. The SMILES string of the molecule is Cc1nn(-c2ccccc2)c2c1CN(C(=O)Nc1ccc(F)c(Cl)c1)C(c1cccc(F)c1)c1cccn1-2. The van der Waals surface area contributed by atoms with Gasteiger partial charge in [0.2, 0.25) is 0 Å². The van der Waals surface area contributed by atoms with Crippen LogP contribution in [0.5, 0.6) is 0 Å². The van der Waals surface area contributed by atoms with Gasteiger partial charge in [0.15, 0.2) is 0 Å². The second-order valence-corrected chi connectivity index (χ2v) is 9.49. The minimum atomic E-state index is -0.632. The van der Waals surface area contributed by atoms with Crippen LogP contribution >= 0.6 is 11.6 Å². The predicted molar refractivity (Wildman–Crippen MR) is 142 cm³/mol. The number of benzene rings is 3. The van der Waals surface area contributed by atoms with Gasteiger partial charge in [-0.05, 0) is 67.1 Å². The number of carbonyl (C=O) groups is 1. The van der Waals surface area contributed by atoms with Crippen LogP contribution in [0.3, 0.4) is 0 Å². The maximum absolute atomic E-state index is 14.4. The minimum absolute atomic E-state index is 0.100. The molecule has 1 unspecified atom stereocenters. The Morgan fingerprint density at radius 2 is 1.82 bits per heavy atom. The molecule has 0 bridgehead atoms. The third kappa shape index (κ3) is 4.13. The molecule has 6 nitrogen and oxygen atoms in total. The molecule has 190 valence electrons. The summed E-state index contributed by atoms with van der Waals surface area (Å²) < 4.78 is 32.0. The molecular weight excluding hydrogens is 508 g/mol. The number of hydrogen-bond donors (Lipinski definition) is 1. The summed E-state index contributed by atoms with van der Waals surface area (Å²) in [5.41, 5.74) is 4.19. The van der Waals surface area contributed by atoms with Crippen molar-refractivity contribution < 1.29 is 13.6 Å². The number of amides is 2. The van der Waals surface area contributed by atoms with Gasteiger partial charge in [-0.25, -0.2) is 18.3 Å². The van der Waals surface area contributed by atoms with Crippen LogP contribution in [-0.4, -0.2) is 25.3 Å². The number of nitrogens with zero attached hydrogens (tertiary/aromatic N) is 4. The van der Waals surface area contributed by atoms with E-state index in [1.807, 2.05) is 64.8 Å². The molecule has 9 heteroatoms. The Kier molecular flexibility index (Phi) is 5.96. The van der Waals surface area contributed by atoms with Gasteiger partial charge in [-0.1, -0.05) is 41.9 Å². The van der Waals surface area contributed by atoms with Gasteiger partial charge in [0.1, 0.15) is 17.5 Å². The van der Waals surface area contributed by atoms with Crippen LogP contribution in [0.1, 0.15) is 28.6 Å². The summed E-state index contributed by atoms with van der Waals surface area (Å²) in [5.74, 6) is -0.182. The summed E-state index contributed by atoms with van der Waals surface area (Å²) in [7, 11) is 0. The molecule has 38 heavy (non-hydrogen) atoms. The van der Waals surface area contributed by atoms with Crippen LogP contribution in [0.4, 0.5) is 19.3 Å². The van der Waals surface area contributed by atoms with E-state index >= 15 is 0 Å². The van der Waals surface area contributed by atoms with E-state index in [-0.39, 0.29) is 11.6 Å². The standard InChI is InChI=1S/C29H22ClF2N5O/c1-18-23-17-36(29(38)33-21-12-13-25(32)24(30)16-21)27(19-7-5-8-20(31)15-19)26-11-6-14-35(26)28(23)37(34-18)22-9-3-2-4-10-22/h2-16,27H,17H2,1H3,(H,33,38). The maximum atomic E-state index is 14.4. The molecule has 5 aromatic rings. The lowest BCUT2D eigenvalue weighted by Crippen LogP contribution is -2.38. The molecule has 0 saturated carbocycles. The van der Waals surface area contributed by atoms with E-state index in [1.165, 1.54) is 30.3 Å². The van der Waals surface area contributed by atoms with Crippen LogP contribution in [0.25, 0.3) is 11.5 Å². The van der Waals surface area contributed by atoms with Gasteiger partial charge in [0.25, 0.3) is 0 Å². The fraction of sp³-hybridized carbons (Fsp3) is 0.103. The number of fused-ring (bicyclic) bond motifs is 3. The highest BCUT2D eigenvalue weighted by Gasteiger charge is 2.36. The zero-order chi connectivity index (χ0) is 26.4. The van der Waals surface area contributed by atoms with Crippen molar-refractivity contribution in [1.82, 2.24) is 19.2 Å². The lowest BCUT2D eigenvalue weighted by atomic mass is 10.0. The number of anilines is 1. The first-order chi connectivity index (χ1) is 18.4. The largest absolute Gasteiger partial charge is 0.322 e. The van der Waals surface area contributed by atoms with Crippen molar-refractivity contribution in [3.05, 3.63) is 130 Å². The molecule has 3 heterocycles. The fourth-order valence-electron chi connectivity index (χ4n) is 4.95. The summed E-state index contributed by atoms with van der Waals surface area (Å²) in [4.78, 5) is 15.5. The number of aromatic nitrogens is 3. The summed E-state index contributed by atoms with van der Waals surface area (Å²) in [6.45, 7) is 2.09. The molecule has 0 spiro atoms. The second-order valence-electron chi connectivity index (χ2n) is 9.08. The van der Waals surface area contributed by atoms with Crippen molar-refractivity contribution in [3.8, 4) is 11.5 Å². The van der Waals surface area contributed by atoms with Crippen molar-refractivity contribution in [2.24, 2.45) is 0 Å². The summed E-state index contributed by atoms with van der Waals surface area (Å²) >= 11 is 5.96. The van der Waals surface area contributed by atoms with Crippen molar-refractivity contribution >= 4 is 23.3 Å². The molecule has 0 fully saturated rings. The molecule has 1 aliphatic rings. The summed E-state index contributed by atoms with van der Waals surface area (Å²) in [6, 6.07) is 22.7. The predicted octanol–water partition coefficient (Wildman–Crippen LogP) is 7.04. The van der Waals surface area contributed by atoms with E-state index in [0.717, 1.165) is 28.5 Å². The number of hydrogen-bond acceptors (Lipinski definition) is 2. The molecule has 6 rings (SSSR count). The van der Waals surface area contributed by atoms with Gasteiger partial charge in [-0.15, -0.1) is 0 Å². The highest BCUT2D eigenvalue weighted by atomic mass is 35.5. The highest BCUT2D eigenvalue weighted by molar-refractivity contribution is 6.31. The van der Waals surface area contributed by atoms with E-state index in [4.69, 9.17) is 16.7 Å². The van der Waals surface area contributed by atoms with Crippen LogP contribution in [0, 0.1) is 18.6 Å². The molecule has 3 aromatic carbocycles. The average molecular weight is 530 g/mol. The molecule has 1 aliphatic heterocycles. The van der Waals surface area contributed by atoms with Crippen molar-refractivity contribution in [2.75, 3.05) is 5.32 Å². The van der Waals surface area contributed by atoms with E-state index in [9.17, 15) is 13.6 Å².